The van der Waals surface area contributed by atoms with Crippen LogP contribution in [-0.2, 0) is 4.79 Å². The van der Waals surface area contributed by atoms with E-state index < -0.39 is 0 Å². The molecular weight excluding hydrogens is 430 g/mol. The molecular formula is C24H22ClN3O4. The maximum atomic E-state index is 12.2. The third kappa shape index (κ3) is 6.58. The summed E-state index contributed by atoms with van der Waals surface area (Å²) in [4.78, 5) is 24.3. The molecule has 0 aliphatic heterocycles. The number of rotatable bonds is 8. The molecule has 32 heavy (non-hydrogen) atoms. The number of benzene rings is 3. The topological polar surface area (TPSA) is 89.0 Å². The summed E-state index contributed by atoms with van der Waals surface area (Å²) in [5, 5.41) is 7.28. The Morgan fingerprint density at radius 3 is 2.59 bits per heavy atom. The van der Waals surface area contributed by atoms with E-state index in [4.69, 9.17) is 21.1 Å². The fourth-order valence-electron chi connectivity index (χ4n) is 2.70. The number of amides is 2. The van der Waals surface area contributed by atoms with E-state index in [1.165, 1.54) is 13.3 Å². The largest absolute Gasteiger partial charge is 0.497 e. The average Bonchev–Trinajstić information content (AvgIpc) is 2.80. The molecule has 0 fully saturated rings. The first-order valence-corrected chi connectivity index (χ1v) is 10.1. The summed E-state index contributed by atoms with van der Waals surface area (Å²) in [5.74, 6) is 0.404. The zero-order valence-corrected chi connectivity index (χ0v) is 18.3. The van der Waals surface area contributed by atoms with Gasteiger partial charge >= 0.3 is 0 Å². The van der Waals surface area contributed by atoms with Gasteiger partial charge in [-0.1, -0.05) is 35.9 Å². The number of methoxy groups -OCH3 is 1. The van der Waals surface area contributed by atoms with Crippen LogP contribution >= 0.6 is 11.6 Å². The van der Waals surface area contributed by atoms with Crippen molar-refractivity contribution in [3.8, 4) is 11.5 Å². The van der Waals surface area contributed by atoms with Gasteiger partial charge < -0.3 is 14.8 Å². The zero-order valence-electron chi connectivity index (χ0n) is 17.6. The normalized spacial score (nSPS) is 10.6. The van der Waals surface area contributed by atoms with Gasteiger partial charge in [-0.2, -0.15) is 5.10 Å². The number of hydrogen-bond acceptors (Lipinski definition) is 5. The quantitative estimate of drug-likeness (QED) is 0.391. The van der Waals surface area contributed by atoms with Crippen LogP contribution in [0.5, 0.6) is 11.5 Å². The van der Waals surface area contributed by atoms with Crippen LogP contribution in [-0.4, -0.2) is 31.7 Å². The van der Waals surface area contributed by atoms with Gasteiger partial charge in [0.1, 0.15) is 11.5 Å². The van der Waals surface area contributed by atoms with E-state index in [-0.39, 0.29) is 18.4 Å². The lowest BCUT2D eigenvalue weighted by molar-refractivity contribution is -0.118. The Morgan fingerprint density at radius 2 is 1.81 bits per heavy atom. The molecule has 0 saturated carbocycles. The number of ether oxygens (including phenoxy) is 2. The number of carbonyl (C=O) groups is 2. The monoisotopic (exact) mass is 451 g/mol. The van der Waals surface area contributed by atoms with Gasteiger partial charge in [-0.05, 0) is 60.5 Å². The van der Waals surface area contributed by atoms with Crippen LogP contribution in [0.15, 0.2) is 71.8 Å². The SMILES string of the molecule is COc1cccc(C(=O)N/N=C/c2cccc(OCC(=O)Nc3ccc(C)c(Cl)c3)c2)c1. The highest BCUT2D eigenvalue weighted by Crippen LogP contribution is 2.20. The Hall–Kier alpha value is -3.84. The van der Waals surface area contributed by atoms with Gasteiger partial charge in [-0.15, -0.1) is 0 Å². The number of nitrogens with one attached hydrogen (secondary N) is 2. The van der Waals surface area contributed by atoms with Crippen molar-refractivity contribution in [2.24, 2.45) is 5.10 Å². The Bertz CT molecular complexity index is 1150. The Labute approximate surface area is 191 Å². The van der Waals surface area contributed by atoms with Crippen molar-refractivity contribution in [2.75, 3.05) is 19.0 Å². The van der Waals surface area contributed by atoms with Gasteiger partial charge in [0.25, 0.3) is 11.8 Å². The van der Waals surface area contributed by atoms with Crippen molar-refractivity contribution in [3.63, 3.8) is 0 Å². The lowest BCUT2D eigenvalue weighted by Gasteiger charge is -2.09. The first kappa shape index (κ1) is 22.8. The molecule has 0 aliphatic rings. The summed E-state index contributed by atoms with van der Waals surface area (Å²) < 4.78 is 10.7. The second-order valence-corrected chi connectivity index (χ2v) is 7.21. The van der Waals surface area contributed by atoms with Gasteiger partial charge in [-0.25, -0.2) is 5.43 Å². The number of nitrogens with zero attached hydrogens (tertiary/aromatic N) is 1. The van der Waals surface area contributed by atoms with E-state index in [0.717, 1.165) is 5.56 Å². The third-order valence-electron chi connectivity index (χ3n) is 4.40. The highest BCUT2D eigenvalue weighted by molar-refractivity contribution is 6.31. The molecule has 0 bridgehead atoms. The molecule has 0 aromatic heterocycles. The Balaban J connectivity index is 1.52. The Morgan fingerprint density at radius 1 is 1.03 bits per heavy atom. The van der Waals surface area contributed by atoms with E-state index >= 15 is 0 Å². The zero-order chi connectivity index (χ0) is 22.9. The fourth-order valence-corrected chi connectivity index (χ4v) is 2.88. The maximum absolute atomic E-state index is 12.2. The molecule has 3 aromatic rings. The van der Waals surface area contributed by atoms with E-state index in [2.05, 4.69) is 15.8 Å². The smallest absolute Gasteiger partial charge is 0.271 e. The predicted molar refractivity (Wildman–Crippen MR) is 125 cm³/mol. The third-order valence-corrected chi connectivity index (χ3v) is 4.80. The van der Waals surface area contributed by atoms with Crippen LogP contribution < -0.4 is 20.2 Å². The molecule has 2 N–H and O–H groups in total. The summed E-state index contributed by atoms with van der Waals surface area (Å²) in [7, 11) is 1.53. The van der Waals surface area contributed by atoms with Crippen molar-refractivity contribution in [3.05, 3.63) is 88.4 Å². The average molecular weight is 452 g/mol. The number of carbonyl (C=O) groups excluding carboxylic acids is 2. The predicted octanol–water partition coefficient (Wildman–Crippen LogP) is 4.44. The van der Waals surface area contributed by atoms with Crippen molar-refractivity contribution in [1.82, 2.24) is 5.43 Å². The lowest BCUT2D eigenvalue weighted by atomic mass is 10.2. The molecule has 0 unspecified atom stereocenters. The number of hydrazone groups is 1. The highest BCUT2D eigenvalue weighted by atomic mass is 35.5. The summed E-state index contributed by atoms with van der Waals surface area (Å²) in [6, 6.07) is 19.0. The molecule has 164 valence electrons. The van der Waals surface area contributed by atoms with Crippen LogP contribution in [0.1, 0.15) is 21.5 Å². The molecule has 7 nitrogen and oxygen atoms in total. The second kappa shape index (κ2) is 11.0. The summed E-state index contributed by atoms with van der Waals surface area (Å²) in [6.45, 7) is 1.72. The van der Waals surface area contributed by atoms with Gasteiger partial charge in [0.15, 0.2) is 6.61 Å². The van der Waals surface area contributed by atoms with Crippen molar-refractivity contribution >= 4 is 35.3 Å². The minimum absolute atomic E-state index is 0.168. The molecule has 0 saturated heterocycles. The minimum Gasteiger partial charge on any atom is -0.497 e. The van der Waals surface area contributed by atoms with Gasteiger partial charge in [0, 0.05) is 16.3 Å². The summed E-state index contributed by atoms with van der Waals surface area (Å²) >= 11 is 6.07. The number of aryl methyl sites for hydroxylation is 1. The second-order valence-electron chi connectivity index (χ2n) is 6.80. The van der Waals surface area contributed by atoms with E-state index in [9.17, 15) is 9.59 Å². The summed E-state index contributed by atoms with van der Waals surface area (Å²) in [6.07, 6.45) is 1.49. The first-order valence-electron chi connectivity index (χ1n) is 9.71. The van der Waals surface area contributed by atoms with Crippen LogP contribution in [0, 0.1) is 6.92 Å². The Kier molecular flexibility index (Phi) is 7.83. The van der Waals surface area contributed by atoms with Crippen LogP contribution in [0.2, 0.25) is 5.02 Å². The molecule has 0 radical (unpaired) electrons. The van der Waals surface area contributed by atoms with Gasteiger partial charge in [0.05, 0.1) is 13.3 Å². The molecule has 3 aromatic carbocycles. The highest BCUT2D eigenvalue weighted by Gasteiger charge is 2.07. The minimum atomic E-state index is -0.361. The van der Waals surface area contributed by atoms with Crippen LogP contribution in [0.25, 0.3) is 0 Å². The molecule has 2 amide bonds. The van der Waals surface area contributed by atoms with E-state index in [0.29, 0.717) is 33.3 Å². The summed E-state index contributed by atoms with van der Waals surface area (Å²) in [5.41, 5.74) is 5.12. The standard InChI is InChI=1S/C24H22ClN3O4/c1-16-9-10-19(13-22(16)25)27-23(29)15-32-21-8-3-5-17(11-21)14-26-28-24(30)18-6-4-7-20(12-18)31-2/h3-14H,15H2,1-2H3,(H,27,29)(H,28,30)/b26-14+. The van der Waals surface area contributed by atoms with Gasteiger partial charge in [0.2, 0.25) is 0 Å². The molecule has 8 heteroatoms. The molecule has 0 aliphatic carbocycles. The number of halogens is 1. The van der Waals surface area contributed by atoms with Crippen LogP contribution in [0.3, 0.4) is 0 Å². The number of anilines is 1. The number of hydrogen-bond donors (Lipinski definition) is 2. The van der Waals surface area contributed by atoms with Crippen LogP contribution in [0.4, 0.5) is 5.69 Å². The van der Waals surface area contributed by atoms with Crippen molar-refractivity contribution < 1.29 is 19.1 Å². The molecule has 0 atom stereocenters. The van der Waals surface area contributed by atoms with Crippen molar-refractivity contribution in [2.45, 2.75) is 6.92 Å². The van der Waals surface area contributed by atoms with E-state index in [1.807, 2.05) is 13.0 Å². The fraction of sp³-hybridized carbons (Fsp3) is 0.125. The lowest BCUT2D eigenvalue weighted by Crippen LogP contribution is -2.20. The molecule has 0 heterocycles. The molecule has 3 rings (SSSR count). The molecule has 0 spiro atoms. The maximum Gasteiger partial charge on any atom is 0.271 e. The van der Waals surface area contributed by atoms with Gasteiger partial charge in [-0.3, -0.25) is 9.59 Å². The van der Waals surface area contributed by atoms with Crippen molar-refractivity contribution in [1.29, 1.82) is 0 Å². The first-order chi connectivity index (χ1) is 15.4. The van der Waals surface area contributed by atoms with E-state index in [1.54, 1.807) is 60.7 Å².